The Balaban J connectivity index is 1.56. The first-order chi connectivity index (χ1) is 13.0. The number of fused-ring (bicyclic) bond motifs is 1. The van der Waals surface area contributed by atoms with E-state index in [1.807, 2.05) is 12.1 Å². The number of allylic oxidation sites excluding steroid dienone is 2. The van der Waals surface area contributed by atoms with Crippen LogP contribution in [0.5, 0.6) is 0 Å². The number of hydrogen-bond acceptors (Lipinski definition) is 3. The number of rotatable bonds is 2. The number of carbonyl (C=O) groups excluding carboxylic acids is 2. The molecule has 2 aromatic carbocycles. The van der Waals surface area contributed by atoms with E-state index < -0.39 is 5.78 Å². The van der Waals surface area contributed by atoms with Gasteiger partial charge in [0.15, 0.2) is 11.5 Å². The normalized spacial score (nSPS) is 22.7. The Kier molecular flexibility index (Phi) is 4.83. The fraction of sp³-hybridized carbons (Fsp3) is 0.273. The highest BCUT2D eigenvalue weighted by atomic mass is 35.5. The van der Waals surface area contributed by atoms with Crippen LogP contribution in [0.25, 0.3) is 0 Å². The molecule has 2 aromatic rings. The molecular weight excluding hydrogens is 383 g/mol. The minimum absolute atomic E-state index is 0.103. The zero-order valence-corrected chi connectivity index (χ0v) is 16.1. The summed E-state index contributed by atoms with van der Waals surface area (Å²) in [6.45, 7) is 0. The molecule has 5 heteroatoms. The van der Waals surface area contributed by atoms with Crippen molar-refractivity contribution in [1.82, 2.24) is 0 Å². The maximum atomic E-state index is 12.9. The van der Waals surface area contributed by atoms with Gasteiger partial charge in [-0.2, -0.15) is 0 Å². The molecule has 0 spiro atoms. The Morgan fingerprint density at radius 2 is 1.37 bits per heavy atom. The number of halogens is 2. The van der Waals surface area contributed by atoms with Gasteiger partial charge in [-0.15, -0.1) is 0 Å². The predicted octanol–water partition coefficient (Wildman–Crippen LogP) is 6.16. The van der Waals surface area contributed by atoms with E-state index >= 15 is 0 Å². The number of ketones is 2. The highest BCUT2D eigenvalue weighted by molar-refractivity contribution is 6.42. The Hall–Kier alpha value is -2.10. The van der Waals surface area contributed by atoms with Crippen LogP contribution < -0.4 is 0 Å². The van der Waals surface area contributed by atoms with E-state index in [-0.39, 0.29) is 28.6 Å². The van der Waals surface area contributed by atoms with Gasteiger partial charge in [-0.05, 0) is 55.2 Å². The third-order valence-electron chi connectivity index (χ3n) is 5.68. The SMILES string of the molecule is O=C1C(O)=C(C2CCC(c3ccc(Cl)c(Cl)c3)CC2)C(=O)c2ccccc21. The summed E-state index contributed by atoms with van der Waals surface area (Å²) >= 11 is 12.1. The second kappa shape index (κ2) is 7.14. The summed E-state index contributed by atoms with van der Waals surface area (Å²) in [6.07, 6.45) is 3.21. The van der Waals surface area contributed by atoms with Crippen molar-refractivity contribution < 1.29 is 14.7 Å². The molecule has 0 amide bonds. The first-order valence-corrected chi connectivity index (χ1v) is 9.79. The van der Waals surface area contributed by atoms with Crippen LogP contribution >= 0.6 is 23.2 Å². The van der Waals surface area contributed by atoms with Crippen LogP contribution in [0.1, 0.15) is 57.9 Å². The monoisotopic (exact) mass is 400 g/mol. The fourth-order valence-electron chi connectivity index (χ4n) is 4.24. The van der Waals surface area contributed by atoms with E-state index in [2.05, 4.69) is 0 Å². The lowest BCUT2D eigenvalue weighted by atomic mass is 9.72. The molecule has 0 heterocycles. The number of aliphatic hydroxyl groups excluding tert-OH is 1. The van der Waals surface area contributed by atoms with Crippen LogP contribution in [0, 0.1) is 5.92 Å². The van der Waals surface area contributed by atoms with Crippen LogP contribution in [-0.2, 0) is 0 Å². The van der Waals surface area contributed by atoms with Gasteiger partial charge < -0.3 is 5.11 Å². The van der Waals surface area contributed by atoms with Gasteiger partial charge in [-0.1, -0.05) is 53.5 Å². The molecule has 2 aliphatic rings. The Bertz CT molecular complexity index is 969. The van der Waals surface area contributed by atoms with Crippen molar-refractivity contribution in [2.75, 3.05) is 0 Å². The molecule has 0 saturated heterocycles. The van der Waals surface area contributed by atoms with Gasteiger partial charge in [0.2, 0.25) is 5.78 Å². The summed E-state index contributed by atoms with van der Waals surface area (Å²) in [6, 6.07) is 12.4. The third kappa shape index (κ3) is 3.19. The highest BCUT2D eigenvalue weighted by Crippen LogP contribution is 2.42. The first-order valence-electron chi connectivity index (χ1n) is 9.04. The van der Waals surface area contributed by atoms with Crippen LogP contribution in [0.3, 0.4) is 0 Å². The Labute approximate surface area is 167 Å². The van der Waals surface area contributed by atoms with E-state index in [4.69, 9.17) is 23.2 Å². The molecule has 0 aliphatic heterocycles. The van der Waals surface area contributed by atoms with E-state index in [0.29, 0.717) is 21.5 Å². The second-order valence-corrected chi connectivity index (χ2v) is 8.00. The van der Waals surface area contributed by atoms with Crippen LogP contribution in [0.15, 0.2) is 53.8 Å². The zero-order valence-electron chi connectivity index (χ0n) is 14.5. The van der Waals surface area contributed by atoms with Crippen molar-refractivity contribution in [2.24, 2.45) is 5.92 Å². The molecule has 0 unspecified atom stereocenters. The molecule has 138 valence electrons. The van der Waals surface area contributed by atoms with E-state index in [0.717, 1.165) is 31.2 Å². The highest BCUT2D eigenvalue weighted by Gasteiger charge is 2.37. The van der Waals surface area contributed by atoms with Gasteiger partial charge in [0, 0.05) is 16.7 Å². The lowest BCUT2D eigenvalue weighted by Gasteiger charge is -2.31. The van der Waals surface area contributed by atoms with Crippen LogP contribution in [0.4, 0.5) is 0 Å². The largest absolute Gasteiger partial charge is 0.504 e. The zero-order chi connectivity index (χ0) is 19.1. The summed E-state index contributed by atoms with van der Waals surface area (Å²) in [5, 5.41) is 11.5. The van der Waals surface area contributed by atoms with E-state index in [9.17, 15) is 14.7 Å². The lowest BCUT2D eigenvalue weighted by molar-refractivity contribution is 0.0914. The Morgan fingerprint density at radius 3 is 2.00 bits per heavy atom. The smallest absolute Gasteiger partial charge is 0.228 e. The van der Waals surface area contributed by atoms with Gasteiger partial charge in [0.1, 0.15) is 0 Å². The maximum Gasteiger partial charge on any atom is 0.228 e. The molecule has 0 bridgehead atoms. The molecule has 0 aromatic heterocycles. The van der Waals surface area contributed by atoms with Crippen LogP contribution in [-0.4, -0.2) is 16.7 Å². The number of aliphatic hydroxyl groups is 1. The van der Waals surface area contributed by atoms with Crippen molar-refractivity contribution in [3.63, 3.8) is 0 Å². The van der Waals surface area contributed by atoms with Gasteiger partial charge in [-0.25, -0.2) is 0 Å². The molecule has 27 heavy (non-hydrogen) atoms. The number of hydrogen-bond donors (Lipinski definition) is 1. The predicted molar refractivity (Wildman–Crippen MR) is 106 cm³/mol. The molecule has 2 aliphatic carbocycles. The van der Waals surface area contributed by atoms with Gasteiger partial charge in [0.25, 0.3) is 0 Å². The molecule has 0 radical (unpaired) electrons. The second-order valence-electron chi connectivity index (χ2n) is 7.19. The van der Waals surface area contributed by atoms with E-state index in [1.54, 1.807) is 30.3 Å². The lowest BCUT2D eigenvalue weighted by Crippen LogP contribution is -2.28. The third-order valence-corrected chi connectivity index (χ3v) is 6.42. The summed E-state index contributed by atoms with van der Waals surface area (Å²) in [7, 11) is 0. The van der Waals surface area contributed by atoms with E-state index in [1.165, 1.54) is 0 Å². The Morgan fingerprint density at radius 1 is 0.778 bits per heavy atom. The van der Waals surface area contributed by atoms with Crippen LogP contribution in [0.2, 0.25) is 10.0 Å². The maximum absolute atomic E-state index is 12.9. The number of Topliss-reactive ketones (excluding diaryl/α,β-unsaturated/α-hetero) is 2. The fourth-order valence-corrected chi connectivity index (χ4v) is 4.55. The molecule has 4 rings (SSSR count). The summed E-state index contributed by atoms with van der Waals surface area (Å²) < 4.78 is 0. The van der Waals surface area contributed by atoms with Gasteiger partial charge in [0.05, 0.1) is 10.0 Å². The molecule has 1 N–H and O–H groups in total. The minimum Gasteiger partial charge on any atom is -0.504 e. The molecule has 1 saturated carbocycles. The summed E-state index contributed by atoms with van der Waals surface area (Å²) in [5.41, 5.74) is 2.10. The molecule has 1 fully saturated rings. The quantitative estimate of drug-likeness (QED) is 0.656. The van der Waals surface area contributed by atoms with Crippen molar-refractivity contribution in [1.29, 1.82) is 0 Å². The summed E-state index contributed by atoms with van der Waals surface area (Å²) in [4.78, 5) is 25.4. The number of carbonyl (C=O) groups is 2. The molecule has 0 atom stereocenters. The van der Waals surface area contributed by atoms with Crippen molar-refractivity contribution in [3.05, 3.63) is 80.5 Å². The standard InChI is InChI=1S/C22H18Cl2O3/c23-17-10-9-14(11-18(17)24)12-5-7-13(8-6-12)19-20(25)15-3-1-2-4-16(15)21(26)22(19)27/h1-4,9-13,27H,5-8H2. The van der Waals surface area contributed by atoms with Gasteiger partial charge >= 0.3 is 0 Å². The van der Waals surface area contributed by atoms with Crippen molar-refractivity contribution in [2.45, 2.75) is 31.6 Å². The number of benzene rings is 2. The topological polar surface area (TPSA) is 54.4 Å². The van der Waals surface area contributed by atoms with Crippen molar-refractivity contribution >= 4 is 34.8 Å². The first kappa shape index (κ1) is 18.3. The average molecular weight is 401 g/mol. The average Bonchev–Trinajstić information content (AvgIpc) is 2.69. The van der Waals surface area contributed by atoms with Gasteiger partial charge in [-0.3, -0.25) is 9.59 Å². The minimum atomic E-state index is -0.452. The molecule has 3 nitrogen and oxygen atoms in total. The van der Waals surface area contributed by atoms with Crippen molar-refractivity contribution in [3.8, 4) is 0 Å². The molecular formula is C22H18Cl2O3. The summed E-state index contributed by atoms with van der Waals surface area (Å²) in [5.74, 6) is -0.821.